The zero-order chi connectivity index (χ0) is 10.1. The molecule has 4 heteroatoms. The highest BCUT2D eigenvalue weighted by Crippen LogP contribution is 2.27. The van der Waals surface area contributed by atoms with Crippen molar-refractivity contribution in [2.24, 2.45) is 7.05 Å². The maximum Gasteiger partial charge on any atom is 0.108 e. The van der Waals surface area contributed by atoms with Crippen LogP contribution in [0.1, 0.15) is 22.1 Å². The van der Waals surface area contributed by atoms with Crippen LogP contribution < -0.4 is 0 Å². The van der Waals surface area contributed by atoms with Gasteiger partial charge in [-0.2, -0.15) is 5.10 Å². The van der Waals surface area contributed by atoms with Crippen LogP contribution in [0.15, 0.2) is 23.8 Å². The van der Waals surface area contributed by atoms with Gasteiger partial charge >= 0.3 is 0 Å². The Labute approximate surface area is 86.6 Å². The topological polar surface area (TPSA) is 38.1 Å². The Morgan fingerprint density at radius 3 is 2.86 bits per heavy atom. The molecule has 1 atom stereocenters. The smallest absolute Gasteiger partial charge is 0.108 e. The molecule has 0 saturated heterocycles. The summed E-state index contributed by atoms with van der Waals surface area (Å²) in [5.41, 5.74) is 1.82. The van der Waals surface area contributed by atoms with Crippen LogP contribution in [-0.4, -0.2) is 14.9 Å². The number of nitrogens with zero attached hydrogens (tertiary/aromatic N) is 2. The van der Waals surface area contributed by atoms with E-state index < -0.39 is 6.10 Å². The normalized spacial score (nSPS) is 13.1. The van der Waals surface area contributed by atoms with Gasteiger partial charge in [-0.25, -0.2) is 0 Å². The molecule has 2 heterocycles. The van der Waals surface area contributed by atoms with Gasteiger partial charge in [0.05, 0.1) is 6.20 Å². The third kappa shape index (κ3) is 1.58. The van der Waals surface area contributed by atoms with Gasteiger partial charge < -0.3 is 5.11 Å². The zero-order valence-electron chi connectivity index (χ0n) is 8.14. The molecule has 0 spiro atoms. The lowest BCUT2D eigenvalue weighted by Gasteiger charge is -2.07. The largest absolute Gasteiger partial charge is 0.383 e. The number of aliphatic hydroxyl groups excluding tert-OH is 1. The second-order valence-corrected chi connectivity index (χ2v) is 4.40. The standard InChI is InChI=1S/C10H12N2OS/c1-7-9(3-4-14-7)10(13)8-5-11-12(2)6-8/h3-6,10,13H,1-2H3. The number of aromatic nitrogens is 2. The second kappa shape index (κ2) is 3.55. The van der Waals surface area contributed by atoms with E-state index in [0.29, 0.717) is 0 Å². The molecular weight excluding hydrogens is 196 g/mol. The molecule has 3 nitrogen and oxygen atoms in total. The molecule has 2 aromatic rings. The molecular formula is C10H12N2OS. The molecule has 14 heavy (non-hydrogen) atoms. The molecule has 0 saturated carbocycles. The molecule has 1 unspecified atom stereocenters. The highest BCUT2D eigenvalue weighted by atomic mass is 32.1. The lowest BCUT2D eigenvalue weighted by atomic mass is 10.1. The Morgan fingerprint density at radius 2 is 2.36 bits per heavy atom. The molecule has 74 valence electrons. The molecule has 0 aliphatic heterocycles. The third-order valence-corrected chi connectivity index (χ3v) is 3.10. The van der Waals surface area contributed by atoms with E-state index >= 15 is 0 Å². The van der Waals surface area contributed by atoms with Crippen molar-refractivity contribution in [2.75, 3.05) is 0 Å². The van der Waals surface area contributed by atoms with Gasteiger partial charge in [0, 0.05) is 23.7 Å². The van der Waals surface area contributed by atoms with Crippen LogP contribution in [0.3, 0.4) is 0 Å². The molecule has 0 aromatic carbocycles. The minimum atomic E-state index is -0.546. The van der Waals surface area contributed by atoms with Crippen molar-refractivity contribution in [3.05, 3.63) is 39.8 Å². The van der Waals surface area contributed by atoms with Gasteiger partial charge in [-0.1, -0.05) is 0 Å². The quantitative estimate of drug-likeness (QED) is 0.818. The monoisotopic (exact) mass is 208 g/mol. The summed E-state index contributed by atoms with van der Waals surface area (Å²) >= 11 is 1.65. The van der Waals surface area contributed by atoms with E-state index in [9.17, 15) is 5.11 Å². The van der Waals surface area contributed by atoms with Gasteiger partial charge in [-0.15, -0.1) is 11.3 Å². The molecule has 0 radical (unpaired) electrons. The fraction of sp³-hybridized carbons (Fsp3) is 0.300. The van der Waals surface area contributed by atoms with E-state index in [1.807, 2.05) is 31.6 Å². The van der Waals surface area contributed by atoms with Crippen LogP contribution in [0, 0.1) is 6.92 Å². The maximum atomic E-state index is 10.0. The van der Waals surface area contributed by atoms with Gasteiger partial charge in [-0.3, -0.25) is 4.68 Å². The summed E-state index contributed by atoms with van der Waals surface area (Å²) in [5.74, 6) is 0. The first kappa shape index (κ1) is 9.43. The van der Waals surface area contributed by atoms with Crippen molar-refractivity contribution < 1.29 is 5.11 Å². The maximum absolute atomic E-state index is 10.0. The lowest BCUT2D eigenvalue weighted by Crippen LogP contribution is -1.98. The van der Waals surface area contributed by atoms with Crippen LogP contribution in [0.2, 0.25) is 0 Å². The van der Waals surface area contributed by atoms with Crippen molar-refractivity contribution in [3.63, 3.8) is 0 Å². The minimum absolute atomic E-state index is 0.546. The van der Waals surface area contributed by atoms with E-state index in [1.165, 1.54) is 0 Å². The predicted octanol–water partition coefficient (Wildman–Crippen LogP) is 1.87. The van der Waals surface area contributed by atoms with Crippen molar-refractivity contribution in [1.29, 1.82) is 0 Å². The Balaban J connectivity index is 2.33. The summed E-state index contributed by atoms with van der Waals surface area (Å²) < 4.78 is 1.69. The van der Waals surface area contributed by atoms with Gasteiger partial charge in [0.1, 0.15) is 6.10 Å². The van der Waals surface area contributed by atoms with Gasteiger partial charge in [0.15, 0.2) is 0 Å². The van der Waals surface area contributed by atoms with Crippen LogP contribution >= 0.6 is 11.3 Å². The van der Waals surface area contributed by atoms with E-state index in [0.717, 1.165) is 16.0 Å². The SMILES string of the molecule is Cc1sccc1C(O)c1cnn(C)c1. The molecule has 0 amide bonds. The summed E-state index contributed by atoms with van der Waals surface area (Å²) in [6, 6.07) is 1.96. The average Bonchev–Trinajstić information content (AvgIpc) is 2.73. The van der Waals surface area contributed by atoms with Gasteiger partial charge in [0.2, 0.25) is 0 Å². The first-order valence-corrected chi connectivity index (χ1v) is 5.27. The molecule has 0 fully saturated rings. The Hall–Kier alpha value is -1.13. The summed E-state index contributed by atoms with van der Waals surface area (Å²) in [6.07, 6.45) is 2.98. The van der Waals surface area contributed by atoms with Gasteiger partial charge in [-0.05, 0) is 23.9 Å². The minimum Gasteiger partial charge on any atom is -0.383 e. The van der Waals surface area contributed by atoms with Crippen molar-refractivity contribution in [1.82, 2.24) is 9.78 Å². The lowest BCUT2D eigenvalue weighted by molar-refractivity contribution is 0.220. The Bertz CT molecular complexity index is 433. The third-order valence-electron chi connectivity index (χ3n) is 2.23. The average molecular weight is 208 g/mol. The first-order chi connectivity index (χ1) is 6.68. The van der Waals surface area contributed by atoms with E-state index in [-0.39, 0.29) is 0 Å². The van der Waals surface area contributed by atoms with Crippen molar-refractivity contribution in [2.45, 2.75) is 13.0 Å². The molecule has 2 aromatic heterocycles. The fourth-order valence-corrected chi connectivity index (χ4v) is 2.17. The number of hydrogen-bond donors (Lipinski definition) is 1. The number of aryl methyl sites for hydroxylation is 2. The summed E-state index contributed by atoms with van der Waals surface area (Å²) in [6.45, 7) is 2.01. The molecule has 0 aliphatic rings. The summed E-state index contributed by atoms with van der Waals surface area (Å²) in [7, 11) is 1.84. The van der Waals surface area contributed by atoms with Gasteiger partial charge in [0.25, 0.3) is 0 Å². The molecule has 0 bridgehead atoms. The number of aliphatic hydroxyl groups is 1. The van der Waals surface area contributed by atoms with E-state index in [1.54, 1.807) is 22.2 Å². The van der Waals surface area contributed by atoms with E-state index in [2.05, 4.69) is 5.10 Å². The predicted molar refractivity (Wildman–Crippen MR) is 56.3 cm³/mol. The van der Waals surface area contributed by atoms with E-state index in [4.69, 9.17) is 0 Å². The Kier molecular flexibility index (Phi) is 2.39. The van der Waals surface area contributed by atoms with Crippen molar-refractivity contribution >= 4 is 11.3 Å². The number of hydrogen-bond acceptors (Lipinski definition) is 3. The summed E-state index contributed by atoms with van der Waals surface area (Å²) in [5, 5.41) is 16.1. The molecule has 1 N–H and O–H groups in total. The Morgan fingerprint density at radius 1 is 1.57 bits per heavy atom. The highest BCUT2D eigenvalue weighted by molar-refractivity contribution is 7.10. The summed E-state index contributed by atoms with van der Waals surface area (Å²) in [4.78, 5) is 1.15. The highest BCUT2D eigenvalue weighted by Gasteiger charge is 2.14. The zero-order valence-corrected chi connectivity index (χ0v) is 8.95. The van der Waals surface area contributed by atoms with Crippen molar-refractivity contribution in [3.8, 4) is 0 Å². The molecule has 0 aliphatic carbocycles. The fourth-order valence-electron chi connectivity index (χ4n) is 1.44. The first-order valence-electron chi connectivity index (χ1n) is 4.39. The van der Waals surface area contributed by atoms with Crippen LogP contribution in [0.4, 0.5) is 0 Å². The molecule has 2 rings (SSSR count). The van der Waals surface area contributed by atoms with Crippen LogP contribution in [0.5, 0.6) is 0 Å². The number of thiophene rings is 1. The van der Waals surface area contributed by atoms with Crippen LogP contribution in [0.25, 0.3) is 0 Å². The number of rotatable bonds is 2. The second-order valence-electron chi connectivity index (χ2n) is 3.28. The van der Waals surface area contributed by atoms with Crippen LogP contribution in [-0.2, 0) is 7.05 Å².